The number of Topliss-reactive ketones (excluding diaryl/α,β-unsaturated/α-hetero) is 2. The SMILES string of the molecule is Cc1ccc([C@H]2C3=C(N=C4CCCC(=O)[C@H]42)c2ccccc2C3=O)cc1. The molecule has 0 amide bonds. The van der Waals surface area contributed by atoms with Gasteiger partial charge in [-0.1, -0.05) is 54.1 Å². The fraction of sp³-hybridized carbons (Fsp3) is 0.261. The van der Waals surface area contributed by atoms with Gasteiger partial charge in [0, 0.05) is 34.8 Å². The highest BCUT2D eigenvalue weighted by atomic mass is 16.1. The molecule has 5 rings (SSSR count). The Morgan fingerprint density at radius 1 is 0.885 bits per heavy atom. The quantitative estimate of drug-likeness (QED) is 0.766. The zero-order chi connectivity index (χ0) is 17.8. The van der Waals surface area contributed by atoms with Crippen molar-refractivity contribution < 1.29 is 9.59 Å². The van der Waals surface area contributed by atoms with Crippen LogP contribution < -0.4 is 0 Å². The number of nitrogens with zero attached hydrogens (tertiary/aromatic N) is 1. The van der Waals surface area contributed by atoms with Gasteiger partial charge in [-0.15, -0.1) is 0 Å². The van der Waals surface area contributed by atoms with E-state index in [1.54, 1.807) is 0 Å². The highest BCUT2D eigenvalue weighted by Gasteiger charge is 2.46. The number of ketones is 2. The summed E-state index contributed by atoms with van der Waals surface area (Å²) in [6.45, 7) is 2.05. The molecule has 2 aromatic carbocycles. The minimum absolute atomic E-state index is 0.0300. The molecular weight excluding hydrogens is 322 g/mol. The number of hydrogen-bond donors (Lipinski definition) is 0. The van der Waals surface area contributed by atoms with Crippen LogP contribution in [0.2, 0.25) is 0 Å². The molecular formula is C23H19NO2. The normalized spacial score (nSPS) is 24.1. The molecule has 0 saturated heterocycles. The maximum Gasteiger partial charge on any atom is 0.192 e. The van der Waals surface area contributed by atoms with E-state index in [4.69, 9.17) is 4.99 Å². The molecule has 2 atom stereocenters. The Hall–Kier alpha value is -2.81. The van der Waals surface area contributed by atoms with E-state index in [-0.39, 0.29) is 23.4 Å². The predicted molar refractivity (Wildman–Crippen MR) is 101 cm³/mol. The van der Waals surface area contributed by atoms with Crippen molar-refractivity contribution in [2.45, 2.75) is 32.1 Å². The largest absolute Gasteiger partial charge is 0.299 e. The predicted octanol–water partition coefficient (Wildman–Crippen LogP) is 4.51. The smallest absolute Gasteiger partial charge is 0.192 e. The highest BCUT2D eigenvalue weighted by Crippen LogP contribution is 2.49. The molecule has 128 valence electrons. The molecule has 0 N–H and O–H groups in total. The molecule has 1 saturated carbocycles. The number of aryl methyl sites for hydroxylation is 1. The van der Waals surface area contributed by atoms with Crippen molar-refractivity contribution in [2.24, 2.45) is 10.9 Å². The third kappa shape index (κ3) is 2.10. The van der Waals surface area contributed by atoms with Crippen molar-refractivity contribution in [1.82, 2.24) is 0 Å². The highest BCUT2D eigenvalue weighted by molar-refractivity contribution is 6.25. The lowest BCUT2D eigenvalue weighted by Crippen LogP contribution is -2.37. The molecule has 26 heavy (non-hydrogen) atoms. The second kappa shape index (κ2) is 5.60. The molecule has 0 unspecified atom stereocenters. The number of benzene rings is 2. The summed E-state index contributed by atoms with van der Waals surface area (Å²) in [5.74, 6) is -0.257. The Labute approximate surface area is 152 Å². The van der Waals surface area contributed by atoms with E-state index >= 15 is 0 Å². The minimum atomic E-state index is -0.288. The van der Waals surface area contributed by atoms with Crippen molar-refractivity contribution >= 4 is 23.0 Å². The van der Waals surface area contributed by atoms with E-state index in [0.29, 0.717) is 17.6 Å². The van der Waals surface area contributed by atoms with E-state index in [2.05, 4.69) is 24.3 Å². The molecule has 1 aliphatic heterocycles. The van der Waals surface area contributed by atoms with Crippen molar-refractivity contribution in [1.29, 1.82) is 0 Å². The molecule has 0 aromatic heterocycles. The van der Waals surface area contributed by atoms with E-state index in [1.807, 2.05) is 31.2 Å². The first-order chi connectivity index (χ1) is 12.6. The van der Waals surface area contributed by atoms with Gasteiger partial charge in [-0.25, -0.2) is 0 Å². The third-order valence-corrected chi connectivity index (χ3v) is 5.82. The second-order valence-electron chi connectivity index (χ2n) is 7.43. The number of aliphatic imine (C=N–C) groups is 1. The lowest BCUT2D eigenvalue weighted by Gasteiger charge is -2.34. The summed E-state index contributed by atoms with van der Waals surface area (Å²) < 4.78 is 0. The molecule has 1 heterocycles. The summed E-state index contributed by atoms with van der Waals surface area (Å²) in [6.07, 6.45) is 2.27. The lowest BCUT2D eigenvalue weighted by molar-refractivity contribution is -0.121. The molecule has 1 fully saturated rings. The van der Waals surface area contributed by atoms with Crippen molar-refractivity contribution in [2.75, 3.05) is 0 Å². The second-order valence-corrected chi connectivity index (χ2v) is 7.43. The van der Waals surface area contributed by atoms with E-state index in [1.165, 1.54) is 5.56 Å². The first kappa shape index (κ1) is 15.4. The number of allylic oxidation sites excluding steroid dienone is 1. The van der Waals surface area contributed by atoms with Crippen LogP contribution in [0.1, 0.15) is 52.2 Å². The Morgan fingerprint density at radius 3 is 2.38 bits per heavy atom. The topological polar surface area (TPSA) is 46.5 Å². The number of carbonyl (C=O) groups excluding carboxylic acids is 2. The molecule has 0 bridgehead atoms. The summed E-state index contributed by atoms with van der Waals surface area (Å²) in [6, 6.07) is 15.9. The van der Waals surface area contributed by atoms with Gasteiger partial charge in [0.2, 0.25) is 0 Å². The Morgan fingerprint density at radius 2 is 1.62 bits per heavy atom. The van der Waals surface area contributed by atoms with Crippen LogP contribution in [0.25, 0.3) is 5.70 Å². The van der Waals surface area contributed by atoms with Gasteiger partial charge in [0.05, 0.1) is 11.6 Å². The average Bonchev–Trinajstić information content (AvgIpc) is 2.94. The molecule has 0 radical (unpaired) electrons. The number of fused-ring (bicyclic) bond motifs is 3. The first-order valence-corrected chi connectivity index (χ1v) is 9.20. The third-order valence-electron chi connectivity index (χ3n) is 5.82. The van der Waals surface area contributed by atoms with Crippen LogP contribution in [-0.2, 0) is 4.79 Å². The van der Waals surface area contributed by atoms with E-state index in [0.717, 1.165) is 35.4 Å². The standard InChI is InChI=1S/C23H19NO2/c1-13-9-11-14(12-10-13)19-20-17(7-4-8-18(20)25)24-22-15-5-2-3-6-16(15)23(26)21(19)22/h2-3,5-6,9-12,19-20H,4,7-8H2,1H3/t19-,20+/m1/s1. The molecule has 0 spiro atoms. The fourth-order valence-corrected chi connectivity index (χ4v) is 4.58. The summed E-state index contributed by atoms with van der Waals surface area (Å²) >= 11 is 0. The number of rotatable bonds is 1. The van der Waals surface area contributed by atoms with Gasteiger partial charge < -0.3 is 0 Å². The van der Waals surface area contributed by atoms with Crippen molar-refractivity contribution in [3.05, 3.63) is 76.4 Å². The fourth-order valence-electron chi connectivity index (χ4n) is 4.58. The number of carbonyl (C=O) groups is 2. The van der Waals surface area contributed by atoms with Crippen LogP contribution in [-0.4, -0.2) is 17.3 Å². The Balaban J connectivity index is 1.75. The van der Waals surface area contributed by atoms with Crippen LogP contribution in [0, 0.1) is 12.8 Å². The van der Waals surface area contributed by atoms with Crippen LogP contribution in [0.5, 0.6) is 0 Å². The monoisotopic (exact) mass is 341 g/mol. The van der Waals surface area contributed by atoms with Crippen LogP contribution in [0.4, 0.5) is 0 Å². The zero-order valence-corrected chi connectivity index (χ0v) is 14.7. The van der Waals surface area contributed by atoms with Gasteiger partial charge in [-0.05, 0) is 25.3 Å². The lowest BCUT2D eigenvalue weighted by atomic mass is 9.69. The summed E-state index contributed by atoms with van der Waals surface area (Å²) in [4.78, 5) is 30.9. The average molecular weight is 341 g/mol. The summed E-state index contributed by atoms with van der Waals surface area (Å²) in [7, 11) is 0. The summed E-state index contributed by atoms with van der Waals surface area (Å²) in [5, 5.41) is 0. The molecule has 3 heteroatoms. The Bertz CT molecular complexity index is 1010. The van der Waals surface area contributed by atoms with Gasteiger partial charge in [0.1, 0.15) is 5.78 Å². The van der Waals surface area contributed by atoms with Crippen LogP contribution in [0.15, 0.2) is 59.1 Å². The van der Waals surface area contributed by atoms with Gasteiger partial charge >= 0.3 is 0 Å². The molecule has 3 aliphatic rings. The van der Waals surface area contributed by atoms with Crippen LogP contribution in [0.3, 0.4) is 0 Å². The molecule has 3 nitrogen and oxygen atoms in total. The van der Waals surface area contributed by atoms with Crippen LogP contribution >= 0.6 is 0 Å². The maximum absolute atomic E-state index is 13.2. The van der Waals surface area contributed by atoms with Crippen molar-refractivity contribution in [3.63, 3.8) is 0 Å². The van der Waals surface area contributed by atoms with Gasteiger partial charge in [0.15, 0.2) is 5.78 Å². The Kier molecular flexibility index (Phi) is 3.33. The zero-order valence-electron chi connectivity index (χ0n) is 14.7. The van der Waals surface area contributed by atoms with Crippen molar-refractivity contribution in [3.8, 4) is 0 Å². The number of hydrogen-bond acceptors (Lipinski definition) is 3. The van der Waals surface area contributed by atoms with E-state index in [9.17, 15) is 9.59 Å². The summed E-state index contributed by atoms with van der Waals surface area (Å²) in [5.41, 5.74) is 6.28. The van der Waals surface area contributed by atoms with Gasteiger partial charge in [-0.3, -0.25) is 14.6 Å². The minimum Gasteiger partial charge on any atom is -0.299 e. The van der Waals surface area contributed by atoms with E-state index < -0.39 is 0 Å². The van der Waals surface area contributed by atoms with Gasteiger partial charge in [-0.2, -0.15) is 0 Å². The van der Waals surface area contributed by atoms with Gasteiger partial charge in [0.25, 0.3) is 0 Å². The molecule has 2 aromatic rings. The molecule has 2 aliphatic carbocycles. The maximum atomic E-state index is 13.2. The first-order valence-electron chi connectivity index (χ1n) is 9.20.